The highest BCUT2D eigenvalue weighted by atomic mass is 14.8. The fourth-order valence-electron chi connectivity index (χ4n) is 1.46. The largest absolute Gasteiger partial charge is 0.330 e. The summed E-state index contributed by atoms with van der Waals surface area (Å²) in [4.78, 5) is 8.35. The Labute approximate surface area is 71.3 Å². The maximum absolute atomic E-state index is 5.48. The summed E-state index contributed by atoms with van der Waals surface area (Å²) >= 11 is 0. The molecule has 0 amide bonds. The first kappa shape index (κ1) is 7.43. The monoisotopic (exact) mass is 161 g/mol. The Bertz CT molecular complexity index is 306. The van der Waals surface area contributed by atoms with Crippen LogP contribution in [0.3, 0.4) is 0 Å². The van der Waals surface area contributed by atoms with Crippen molar-refractivity contribution in [3.63, 3.8) is 0 Å². The lowest BCUT2D eigenvalue weighted by molar-refractivity contribution is 0.795. The van der Waals surface area contributed by atoms with Crippen LogP contribution < -0.4 is 5.73 Å². The van der Waals surface area contributed by atoms with Crippen molar-refractivity contribution in [1.29, 1.82) is 0 Å². The Balaban J connectivity index is 2.30. The lowest BCUT2D eigenvalue weighted by Crippen LogP contribution is -2.06. The Morgan fingerprint density at radius 3 is 3.25 bits per heavy atom. The molecule has 0 saturated heterocycles. The predicted molar refractivity (Wildman–Crippen MR) is 48.8 cm³/mol. The van der Waals surface area contributed by atoms with E-state index in [2.05, 4.69) is 9.98 Å². The molecule has 2 heterocycles. The fraction of sp³-hybridized carbons (Fsp3) is 0.333. The van der Waals surface area contributed by atoms with Crippen molar-refractivity contribution in [2.24, 2.45) is 10.7 Å². The van der Waals surface area contributed by atoms with E-state index in [4.69, 9.17) is 5.73 Å². The molecule has 0 aliphatic carbocycles. The molecule has 0 spiro atoms. The summed E-state index contributed by atoms with van der Waals surface area (Å²) in [6, 6.07) is 1.93. The lowest BCUT2D eigenvalue weighted by Gasteiger charge is -2.05. The highest BCUT2D eigenvalue weighted by Crippen LogP contribution is 2.32. The molecular weight excluding hydrogens is 150 g/mol. The van der Waals surface area contributed by atoms with Crippen LogP contribution in [0, 0.1) is 0 Å². The number of hydrogen-bond donors (Lipinski definition) is 1. The standard InChI is InChI=1S/C9H11N3/c10-3-1-7-5-12-9-2-4-11-6-8(7)9/h2,4-7H,1,3,10H2. The van der Waals surface area contributed by atoms with E-state index < -0.39 is 0 Å². The van der Waals surface area contributed by atoms with Gasteiger partial charge < -0.3 is 5.73 Å². The first-order valence-electron chi connectivity index (χ1n) is 4.10. The molecular formula is C9H11N3. The fourth-order valence-corrected chi connectivity index (χ4v) is 1.46. The van der Waals surface area contributed by atoms with Gasteiger partial charge in [-0.25, -0.2) is 0 Å². The molecule has 0 saturated carbocycles. The summed E-state index contributed by atoms with van der Waals surface area (Å²) < 4.78 is 0. The van der Waals surface area contributed by atoms with Gasteiger partial charge in [-0.15, -0.1) is 0 Å². The van der Waals surface area contributed by atoms with Crippen molar-refractivity contribution in [1.82, 2.24) is 4.98 Å². The van der Waals surface area contributed by atoms with Crippen LogP contribution in [0.1, 0.15) is 17.9 Å². The maximum atomic E-state index is 5.48. The number of nitrogens with zero attached hydrogens (tertiary/aromatic N) is 2. The minimum Gasteiger partial charge on any atom is -0.330 e. The van der Waals surface area contributed by atoms with Crippen molar-refractivity contribution in [3.05, 3.63) is 24.0 Å². The van der Waals surface area contributed by atoms with E-state index in [9.17, 15) is 0 Å². The van der Waals surface area contributed by atoms with Crippen molar-refractivity contribution in [2.75, 3.05) is 6.54 Å². The Hall–Kier alpha value is -1.22. The van der Waals surface area contributed by atoms with E-state index >= 15 is 0 Å². The second-order valence-electron chi connectivity index (χ2n) is 2.90. The molecule has 62 valence electrons. The number of nitrogens with two attached hydrogens (primary N) is 1. The Morgan fingerprint density at radius 1 is 1.50 bits per heavy atom. The average Bonchev–Trinajstić information content (AvgIpc) is 2.50. The van der Waals surface area contributed by atoms with Crippen molar-refractivity contribution < 1.29 is 0 Å². The van der Waals surface area contributed by atoms with Gasteiger partial charge in [0.25, 0.3) is 0 Å². The summed E-state index contributed by atoms with van der Waals surface area (Å²) in [6.07, 6.45) is 6.56. The molecule has 2 rings (SSSR count). The van der Waals surface area contributed by atoms with Gasteiger partial charge in [0.05, 0.1) is 5.69 Å². The van der Waals surface area contributed by atoms with E-state index in [1.54, 1.807) is 6.20 Å². The van der Waals surface area contributed by atoms with E-state index in [-0.39, 0.29) is 0 Å². The van der Waals surface area contributed by atoms with Gasteiger partial charge >= 0.3 is 0 Å². The minimum atomic E-state index is 0.388. The molecule has 1 unspecified atom stereocenters. The molecule has 3 heteroatoms. The smallest absolute Gasteiger partial charge is 0.0695 e. The van der Waals surface area contributed by atoms with Gasteiger partial charge in [-0.3, -0.25) is 9.98 Å². The normalized spacial score (nSPS) is 19.6. The molecule has 0 radical (unpaired) electrons. The summed E-state index contributed by atoms with van der Waals surface area (Å²) in [5.74, 6) is 0.388. The first-order chi connectivity index (χ1) is 5.92. The molecule has 3 nitrogen and oxygen atoms in total. The van der Waals surface area contributed by atoms with Crippen LogP contribution in [-0.4, -0.2) is 17.7 Å². The van der Waals surface area contributed by atoms with Crippen LogP contribution in [0.4, 0.5) is 5.69 Å². The highest BCUT2D eigenvalue weighted by Gasteiger charge is 2.17. The van der Waals surface area contributed by atoms with E-state index in [0.29, 0.717) is 12.5 Å². The minimum absolute atomic E-state index is 0.388. The number of hydrogen-bond acceptors (Lipinski definition) is 3. The van der Waals surface area contributed by atoms with Crippen molar-refractivity contribution in [3.8, 4) is 0 Å². The third kappa shape index (κ3) is 1.12. The third-order valence-electron chi connectivity index (χ3n) is 2.10. The van der Waals surface area contributed by atoms with E-state index in [1.807, 2.05) is 18.5 Å². The lowest BCUT2D eigenvalue weighted by atomic mass is 10.00. The van der Waals surface area contributed by atoms with E-state index in [1.165, 1.54) is 5.56 Å². The van der Waals surface area contributed by atoms with Crippen LogP contribution in [0.5, 0.6) is 0 Å². The predicted octanol–water partition coefficient (Wildman–Crippen LogP) is 1.23. The summed E-state index contributed by atoms with van der Waals surface area (Å²) in [7, 11) is 0. The molecule has 2 N–H and O–H groups in total. The molecule has 1 aliphatic heterocycles. The number of pyridine rings is 1. The van der Waals surface area contributed by atoms with Gasteiger partial charge in [0.1, 0.15) is 0 Å². The molecule has 1 atom stereocenters. The zero-order valence-corrected chi connectivity index (χ0v) is 6.77. The van der Waals surface area contributed by atoms with Gasteiger partial charge in [0, 0.05) is 30.1 Å². The van der Waals surface area contributed by atoms with Gasteiger partial charge in [-0.2, -0.15) is 0 Å². The van der Waals surface area contributed by atoms with Gasteiger partial charge in [0.2, 0.25) is 0 Å². The Kier molecular flexibility index (Phi) is 1.87. The van der Waals surface area contributed by atoms with E-state index in [0.717, 1.165) is 12.1 Å². The molecule has 1 aromatic heterocycles. The zero-order chi connectivity index (χ0) is 8.39. The number of aliphatic imine (C=N–C) groups is 1. The third-order valence-corrected chi connectivity index (χ3v) is 2.10. The van der Waals surface area contributed by atoms with Crippen LogP contribution in [-0.2, 0) is 0 Å². The van der Waals surface area contributed by atoms with Gasteiger partial charge in [-0.1, -0.05) is 0 Å². The topological polar surface area (TPSA) is 51.3 Å². The molecule has 0 fully saturated rings. The number of aromatic nitrogens is 1. The van der Waals surface area contributed by atoms with Gasteiger partial charge in [0.15, 0.2) is 0 Å². The maximum Gasteiger partial charge on any atom is 0.0695 e. The second kappa shape index (κ2) is 3.03. The summed E-state index contributed by atoms with van der Waals surface area (Å²) in [5.41, 5.74) is 7.74. The zero-order valence-electron chi connectivity index (χ0n) is 6.77. The van der Waals surface area contributed by atoms with Crippen molar-refractivity contribution >= 4 is 11.9 Å². The van der Waals surface area contributed by atoms with Crippen LogP contribution >= 0.6 is 0 Å². The second-order valence-corrected chi connectivity index (χ2v) is 2.90. The molecule has 1 aliphatic rings. The van der Waals surface area contributed by atoms with Crippen molar-refractivity contribution in [2.45, 2.75) is 12.3 Å². The first-order valence-corrected chi connectivity index (χ1v) is 4.10. The van der Waals surface area contributed by atoms with Gasteiger partial charge in [-0.05, 0) is 19.0 Å². The Morgan fingerprint density at radius 2 is 2.42 bits per heavy atom. The molecule has 0 bridgehead atoms. The quantitative estimate of drug-likeness (QED) is 0.709. The highest BCUT2D eigenvalue weighted by molar-refractivity contribution is 5.80. The summed E-state index contributed by atoms with van der Waals surface area (Å²) in [5, 5.41) is 0. The van der Waals surface area contributed by atoms with Crippen LogP contribution in [0.2, 0.25) is 0 Å². The molecule has 1 aromatic rings. The molecule has 0 aromatic carbocycles. The number of rotatable bonds is 2. The average molecular weight is 161 g/mol. The van der Waals surface area contributed by atoms with Crippen LogP contribution in [0.15, 0.2) is 23.5 Å². The van der Waals surface area contributed by atoms with Crippen LogP contribution in [0.25, 0.3) is 0 Å². The SMILES string of the molecule is NCCC1C=Nc2ccncc21. The number of fused-ring (bicyclic) bond motifs is 1. The molecule has 12 heavy (non-hydrogen) atoms. The summed E-state index contributed by atoms with van der Waals surface area (Å²) in [6.45, 7) is 0.699.